The third-order valence-electron chi connectivity index (χ3n) is 2.64. The average molecular weight is 307 g/mol. The fourth-order valence-electron chi connectivity index (χ4n) is 1.59. The van der Waals surface area contributed by atoms with Crippen molar-refractivity contribution in [1.82, 2.24) is 10.3 Å². The summed E-state index contributed by atoms with van der Waals surface area (Å²) in [6.45, 7) is 4.08. The molecule has 0 radical (unpaired) electrons. The van der Waals surface area contributed by atoms with E-state index in [1.54, 1.807) is 13.3 Å². The van der Waals surface area contributed by atoms with E-state index >= 15 is 0 Å². The molecule has 0 aliphatic carbocycles. The van der Waals surface area contributed by atoms with E-state index in [9.17, 15) is 13.2 Å². The van der Waals surface area contributed by atoms with Gasteiger partial charge >= 0.3 is 12.1 Å². The molecule has 2 rings (SSSR count). The Labute approximate surface area is 119 Å². The lowest BCUT2D eigenvalue weighted by Gasteiger charge is -2.28. The van der Waals surface area contributed by atoms with E-state index in [1.807, 2.05) is 12.1 Å². The summed E-state index contributed by atoms with van der Waals surface area (Å²) in [5.41, 5.74) is 0. The lowest BCUT2D eigenvalue weighted by Crippen LogP contribution is -2.43. The Hall–Kier alpha value is -2.03. The zero-order valence-corrected chi connectivity index (χ0v) is 11.4. The van der Waals surface area contributed by atoms with Crippen molar-refractivity contribution >= 4 is 11.8 Å². The largest absolute Gasteiger partial charge is 0.497 e. The highest BCUT2D eigenvalue weighted by atomic mass is 19.4. The molecule has 0 spiro atoms. The molecule has 1 aliphatic heterocycles. The number of aliphatic carboxylic acids is 1. The smallest absolute Gasteiger partial charge is 0.490 e. The molecule has 0 unspecified atom stereocenters. The molecule has 1 aromatic rings. The second-order valence-corrected chi connectivity index (χ2v) is 4.09. The number of methoxy groups -OCH3 is 1. The molecule has 0 aromatic carbocycles. The van der Waals surface area contributed by atoms with E-state index in [4.69, 9.17) is 14.6 Å². The lowest BCUT2D eigenvalue weighted by molar-refractivity contribution is -0.192. The van der Waals surface area contributed by atoms with Crippen molar-refractivity contribution in [3.05, 3.63) is 18.3 Å². The Morgan fingerprint density at radius 2 is 2.00 bits per heavy atom. The zero-order valence-electron chi connectivity index (χ0n) is 11.4. The van der Waals surface area contributed by atoms with Crippen LogP contribution in [0.5, 0.6) is 5.75 Å². The van der Waals surface area contributed by atoms with Crippen LogP contribution in [0.4, 0.5) is 19.0 Å². The van der Waals surface area contributed by atoms with Crippen molar-refractivity contribution in [1.29, 1.82) is 0 Å². The fourth-order valence-corrected chi connectivity index (χ4v) is 1.59. The summed E-state index contributed by atoms with van der Waals surface area (Å²) < 4.78 is 36.9. The Balaban J connectivity index is 0.000000270. The second kappa shape index (κ2) is 7.67. The van der Waals surface area contributed by atoms with Crippen molar-refractivity contribution in [3.8, 4) is 5.75 Å². The van der Waals surface area contributed by atoms with Gasteiger partial charge in [-0.1, -0.05) is 0 Å². The highest BCUT2D eigenvalue weighted by Crippen LogP contribution is 2.17. The minimum absolute atomic E-state index is 0.869. The minimum atomic E-state index is -5.08. The number of rotatable bonds is 2. The Kier molecular flexibility index (Phi) is 6.22. The number of anilines is 1. The van der Waals surface area contributed by atoms with Crippen LogP contribution in [0.25, 0.3) is 0 Å². The van der Waals surface area contributed by atoms with E-state index < -0.39 is 12.1 Å². The first-order valence-electron chi connectivity index (χ1n) is 6.10. The van der Waals surface area contributed by atoms with Gasteiger partial charge in [-0.25, -0.2) is 9.78 Å². The van der Waals surface area contributed by atoms with E-state index in [1.165, 1.54) is 0 Å². The van der Waals surface area contributed by atoms with Gasteiger partial charge in [-0.15, -0.1) is 0 Å². The number of piperazine rings is 1. The minimum Gasteiger partial charge on any atom is -0.497 e. The summed E-state index contributed by atoms with van der Waals surface area (Å²) in [6.07, 6.45) is -3.30. The van der Waals surface area contributed by atoms with Crippen LogP contribution >= 0.6 is 0 Å². The van der Waals surface area contributed by atoms with Crippen molar-refractivity contribution in [2.24, 2.45) is 0 Å². The molecule has 9 heteroatoms. The second-order valence-electron chi connectivity index (χ2n) is 4.09. The summed E-state index contributed by atoms with van der Waals surface area (Å²) in [4.78, 5) is 15.5. The summed E-state index contributed by atoms with van der Waals surface area (Å²) in [5.74, 6) is -0.883. The van der Waals surface area contributed by atoms with Crippen LogP contribution in [-0.4, -0.2) is 55.5 Å². The summed E-state index contributed by atoms with van der Waals surface area (Å²) >= 11 is 0. The van der Waals surface area contributed by atoms with Crippen LogP contribution < -0.4 is 15.0 Å². The summed E-state index contributed by atoms with van der Waals surface area (Å²) in [7, 11) is 1.68. The highest BCUT2D eigenvalue weighted by Gasteiger charge is 2.38. The van der Waals surface area contributed by atoms with Gasteiger partial charge in [0.15, 0.2) is 0 Å². The monoisotopic (exact) mass is 307 g/mol. The molecule has 6 nitrogen and oxygen atoms in total. The molecule has 0 bridgehead atoms. The van der Waals surface area contributed by atoms with Crippen molar-refractivity contribution in [2.45, 2.75) is 6.18 Å². The van der Waals surface area contributed by atoms with Gasteiger partial charge < -0.3 is 20.1 Å². The number of carboxylic acids is 1. The van der Waals surface area contributed by atoms with Crippen molar-refractivity contribution < 1.29 is 27.8 Å². The van der Waals surface area contributed by atoms with E-state index in [0.29, 0.717) is 0 Å². The molecule has 118 valence electrons. The van der Waals surface area contributed by atoms with E-state index in [2.05, 4.69) is 15.2 Å². The Bertz CT molecular complexity index is 463. The van der Waals surface area contributed by atoms with Gasteiger partial charge in [-0.2, -0.15) is 13.2 Å². The maximum atomic E-state index is 10.6. The number of nitrogens with one attached hydrogen (secondary N) is 1. The van der Waals surface area contributed by atoms with Crippen LogP contribution in [0.3, 0.4) is 0 Å². The molecule has 1 fully saturated rings. The molecule has 1 aromatic heterocycles. The molecule has 0 saturated carbocycles. The number of nitrogens with zero attached hydrogens (tertiary/aromatic N) is 2. The fraction of sp³-hybridized carbons (Fsp3) is 0.500. The van der Waals surface area contributed by atoms with Crippen LogP contribution in [-0.2, 0) is 4.79 Å². The Morgan fingerprint density at radius 3 is 2.48 bits per heavy atom. The number of halogens is 3. The van der Waals surface area contributed by atoms with Gasteiger partial charge in [-0.05, 0) is 6.07 Å². The van der Waals surface area contributed by atoms with Crippen LogP contribution in [0.1, 0.15) is 0 Å². The third kappa shape index (κ3) is 5.86. The number of alkyl halides is 3. The first-order valence-corrected chi connectivity index (χ1v) is 6.10. The number of hydrogen-bond donors (Lipinski definition) is 2. The first-order chi connectivity index (χ1) is 9.84. The number of ether oxygens (including phenoxy) is 1. The molecule has 2 N–H and O–H groups in total. The van der Waals surface area contributed by atoms with Crippen molar-refractivity contribution in [3.63, 3.8) is 0 Å². The molecule has 2 heterocycles. The maximum absolute atomic E-state index is 10.6. The molecule has 1 saturated heterocycles. The molecular weight excluding hydrogens is 291 g/mol. The van der Waals surface area contributed by atoms with Crippen LogP contribution in [0, 0.1) is 0 Å². The number of hydrogen-bond acceptors (Lipinski definition) is 5. The highest BCUT2D eigenvalue weighted by molar-refractivity contribution is 5.73. The normalized spacial score (nSPS) is 15.0. The molecule has 21 heavy (non-hydrogen) atoms. The predicted octanol–water partition coefficient (Wildman–Crippen LogP) is 1.13. The quantitative estimate of drug-likeness (QED) is 0.853. The molecule has 0 atom stereocenters. The number of pyridine rings is 1. The molecular formula is C12H16F3N3O3. The zero-order chi connectivity index (χ0) is 15.9. The van der Waals surface area contributed by atoms with Gasteiger partial charge in [0.25, 0.3) is 0 Å². The summed E-state index contributed by atoms with van der Waals surface area (Å²) in [6, 6.07) is 3.84. The van der Waals surface area contributed by atoms with Crippen LogP contribution in [0.15, 0.2) is 18.3 Å². The van der Waals surface area contributed by atoms with Crippen LogP contribution in [0.2, 0.25) is 0 Å². The Morgan fingerprint density at radius 1 is 1.43 bits per heavy atom. The molecule has 1 aliphatic rings. The average Bonchev–Trinajstić information content (AvgIpc) is 2.48. The van der Waals surface area contributed by atoms with Gasteiger partial charge in [0, 0.05) is 38.4 Å². The number of carboxylic acid groups (broad SMARTS) is 1. The topological polar surface area (TPSA) is 74.7 Å². The maximum Gasteiger partial charge on any atom is 0.490 e. The van der Waals surface area contributed by atoms with E-state index in [-0.39, 0.29) is 0 Å². The number of carbonyl (C=O) groups is 1. The van der Waals surface area contributed by atoms with Gasteiger partial charge in [0.1, 0.15) is 11.6 Å². The molecule has 0 amide bonds. The van der Waals surface area contributed by atoms with Gasteiger partial charge in [0.05, 0.1) is 7.11 Å². The SMILES string of the molecule is COc1ccnc(N2CCNCC2)c1.O=C(O)C(F)(F)F. The van der Waals surface area contributed by atoms with E-state index in [0.717, 1.165) is 37.7 Å². The first kappa shape index (κ1) is 17.0. The van der Waals surface area contributed by atoms with Gasteiger partial charge in [-0.3, -0.25) is 0 Å². The predicted molar refractivity (Wildman–Crippen MR) is 69.6 cm³/mol. The van der Waals surface area contributed by atoms with Gasteiger partial charge in [0.2, 0.25) is 0 Å². The standard InChI is InChI=1S/C10H15N3O.C2HF3O2/c1-14-9-2-3-12-10(8-9)13-6-4-11-5-7-13;3-2(4,5)1(6)7/h2-3,8,11H,4-7H2,1H3;(H,6,7). The summed E-state index contributed by atoms with van der Waals surface area (Å²) in [5, 5.41) is 10.4. The van der Waals surface area contributed by atoms with Crippen molar-refractivity contribution in [2.75, 3.05) is 38.2 Å². The lowest BCUT2D eigenvalue weighted by atomic mass is 10.3. The third-order valence-corrected chi connectivity index (χ3v) is 2.64. The number of aromatic nitrogens is 1.